The summed E-state index contributed by atoms with van der Waals surface area (Å²) in [6.45, 7) is 7.23. The number of aromatic hydroxyl groups is 1. The lowest BCUT2D eigenvalue weighted by Crippen LogP contribution is -2.17. The van der Waals surface area contributed by atoms with E-state index in [0.717, 1.165) is 0 Å². The molecule has 0 bridgehead atoms. The minimum atomic E-state index is -3.47. The Labute approximate surface area is 147 Å². The highest BCUT2D eigenvalue weighted by molar-refractivity contribution is 7.62. The lowest BCUT2D eigenvalue weighted by molar-refractivity contribution is 0.150. The van der Waals surface area contributed by atoms with Crippen molar-refractivity contribution in [3.05, 3.63) is 47.5 Å². The Morgan fingerprint density at radius 1 is 1.00 bits per heavy atom. The van der Waals surface area contributed by atoms with Crippen LogP contribution in [0.2, 0.25) is 5.02 Å². The van der Waals surface area contributed by atoms with Gasteiger partial charge in [-0.3, -0.25) is 4.57 Å². The normalized spacial score (nSPS) is 12.1. The van der Waals surface area contributed by atoms with E-state index < -0.39 is 7.60 Å². The van der Waals surface area contributed by atoms with E-state index in [4.69, 9.17) is 20.6 Å². The van der Waals surface area contributed by atoms with E-state index in [9.17, 15) is 9.67 Å². The van der Waals surface area contributed by atoms with Gasteiger partial charge in [0.25, 0.3) is 0 Å². The summed E-state index contributed by atoms with van der Waals surface area (Å²) < 4.78 is 24.5. The fourth-order valence-corrected chi connectivity index (χ4v) is 4.43. The van der Waals surface area contributed by atoms with Gasteiger partial charge in [-0.05, 0) is 63.6 Å². The van der Waals surface area contributed by atoms with Crippen molar-refractivity contribution in [3.8, 4) is 16.9 Å². The SMILES string of the molecule is CC(C)OP(=O)(OC(C)C)c1cccc(-c2cc(Cl)ccc2O)c1. The predicted octanol–water partition coefficient (Wildman–Crippen LogP) is 5.38. The molecule has 1 N–H and O–H groups in total. The third kappa shape index (κ3) is 4.61. The molecular weight excluding hydrogens is 347 g/mol. The van der Waals surface area contributed by atoms with E-state index in [1.165, 1.54) is 6.07 Å². The number of hydrogen-bond donors (Lipinski definition) is 1. The fraction of sp³-hybridized carbons (Fsp3) is 0.333. The molecule has 6 heteroatoms. The van der Waals surface area contributed by atoms with Crippen molar-refractivity contribution in [2.24, 2.45) is 0 Å². The van der Waals surface area contributed by atoms with Crippen molar-refractivity contribution in [2.45, 2.75) is 39.9 Å². The van der Waals surface area contributed by atoms with Gasteiger partial charge >= 0.3 is 7.60 Å². The number of rotatable bonds is 6. The average Bonchev–Trinajstić information content (AvgIpc) is 2.48. The quantitative estimate of drug-likeness (QED) is 0.695. The zero-order valence-corrected chi connectivity index (χ0v) is 15.8. The molecule has 0 unspecified atom stereocenters. The van der Waals surface area contributed by atoms with Crippen LogP contribution in [0.25, 0.3) is 11.1 Å². The molecule has 0 radical (unpaired) electrons. The molecule has 2 aromatic rings. The van der Waals surface area contributed by atoms with E-state index in [0.29, 0.717) is 21.5 Å². The van der Waals surface area contributed by atoms with Crippen LogP contribution in [0.5, 0.6) is 5.75 Å². The Kier molecular flexibility index (Phi) is 6.11. The summed E-state index contributed by atoms with van der Waals surface area (Å²) in [6, 6.07) is 11.8. The second-order valence-corrected chi connectivity index (χ2v) is 8.39. The molecule has 4 nitrogen and oxygen atoms in total. The largest absolute Gasteiger partial charge is 0.507 e. The molecule has 0 atom stereocenters. The lowest BCUT2D eigenvalue weighted by atomic mass is 10.1. The van der Waals surface area contributed by atoms with Gasteiger partial charge in [0.1, 0.15) is 5.75 Å². The van der Waals surface area contributed by atoms with Gasteiger partial charge in [0.2, 0.25) is 0 Å². The molecule has 0 aliphatic carbocycles. The summed E-state index contributed by atoms with van der Waals surface area (Å²) in [4.78, 5) is 0. The maximum Gasteiger partial charge on any atom is 0.361 e. The van der Waals surface area contributed by atoms with Crippen LogP contribution in [-0.4, -0.2) is 17.3 Å². The average molecular weight is 369 g/mol. The van der Waals surface area contributed by atoms with Crippen molar-refractivity contribution in [3.63, 3.8) is 0 Å². The van der Waals surface area contributed by atoms with Crippen molar-refractivity contribution in [1.29, 1.82) is 0 Å². The first-order valence-electron chi connectivity index (χ1n) is 7.77. The van der Waals surface area contributed by atoms with Crippen molar-refractivity contribution in [1.82, 2.24) is 0 Å². The number of benzene rings is 2. The highest BCUT2D eigenvalue weighted by Gasteiger charge is 2.30. The van der Waals surface area contributed by atoms with E-state index in [1.807, 2.05) is 33.8 Å². The first-order valence-corrected chi connectivity index (χ1v) is 9.69. The van der Waals surface area contributed by atoms with Crippen LogP contribution >= 0.6 is 19.2 Å². The van der Waals surface area contributed by atoms with Gasteiger partial charge in [-0.25, -0.2) is 0 Å². The molecule has 0 spiro atoms. The second kappa shape index (κ2) is 7.71. The van der Waals surface area contributed by atoms with Crippen molar-refractivity contribution in [2.75, 3.05) is 0 Å². The second-order valence-electron chi connectivity index (χ2n) is 6.02. The number of phenolic OH excluding ortho intramolecular Hbond substituents is 1. The molecule has 2 rings (SSSR count). The van der Waals surface area contributed by atoms with E-state index in [1.54, 1.807) is 30.3 Å². The molecule has 130 valence electrons. The maximum absolute atomic E-state index is 13.2. The Hall–Kier alpha value is -1.32. The lowest BCUT2D eigenvalue weighted by Gasteiger charge is -2.23. The van der Waals surface area contributed by atoms with Gasteiger partial charge in [-0.15, -0.1) is 0 Å². The van der Waals surface area contributed by atoms with Gasteiger partial charge < -0.3 is 14.2 Å². The third-order valence-electron chi connectivity index (χ3n) is 3.13. The zero-order valence-electron chi connectivity index (χ0n) is 14.2. The van der Waals surface area contributed by atoms with Crippen LogP contribution < -0.4 is 5.30 Å². The zero-order chi connectivity index (χ0) is 17.9. The van der Waals surface area contributed by atoms with Gasteiger partial charge in [-0.1, -0.05) is 23.7 Å². The predicted molar refractivity (Wildman–Crippen MR) is 98.2 cm³/mol. The van der Waals surface area contributed by atoms with Crippen LogP contribution in [0.4, 0.5) is 0 Å². The standard InChI is InChI=1S/C18H22ClO4P/c1-12(2)22-24(21,23-13(3)4)16-7-5-6-14(10-16)17-11-15(19)8-9-18(17)20/h5-13,20H,1-4H3. The number of hydrogen-bond acceptors (Lipinski definition) is 4. The van der Waals surface area contributed by atoms with Crippen molar-refractivity contribution >= 4 is 24.5 Å². The number of halogens is 1. The highest BCUT2D eigenvalue weighted by atomic mass is 35.5. The maximum atomic E-state index is 13.2. The van der Waals surface area contributed by atoms with Crippen LogP contribution in [-0.2, 0) is 13.6 Å². The smallest absolute Gasteiger partial charge is 0.361 e. The Bertz CT molecular complexity index is 744. The van der Waals surface area contributed by atoms with E-state index >= 15 is 0 Å². The molecule has 0 aliphatic heterocycles. The first kappa shape index (κ1) is 19.0. The van der Waals surface area contributed by atoms with Crippen LogP contribution in [0.1, 0.15) is 27.7 Å². The summed E-state index contributed by atoms with van der Waals surface area (Å²) in [7, 11) is -3.47. The minimum absolute atomic E-state index is 0.0981. The monoisotopic (exact) mass is 368 g/mol. The fourth-order valence-electron chi connectivity index (χ4n) is 2.28. The molecule has 0 saturated heterocycles. The van der Waals surface area contributed by atoms with Crippen LogP contribution in [0, 0.1) is 0 Å². The minimum Gasteiger partial charge on any atom is -0.507 e. The van der Waals surface area contributed by atoms with Crippen LogP contribution in [0.15, 0.2) is 42.5 Å². The Morgan fingerprint density at radius 3 is 2.21 bits per heavy atom. The summed E-state index contributed by atoms with van der Waals surface area (Å²) in [5.74, 6) is 0.0981. The highest BCUT2D eigenvalue weighted by Crippen LogP contribution is 2.50. The Balaban J connectivity index is 2.51. The van der Waals surface area contributed by atoms with Crippen LogP contribution in [0.3, 0.4) is 0 Å². The molecule has 0 aromatic heterocycles. The summed E-state index contributed by atoms with van der Waals surface area (Å²) >= 11 is 6.02. The van der Waals surface area contributed by atoms with Gasteiger partial charge in [0.05, 0.1) is 17.5 Å². The van der Waals surface area contributed by atoms with Gasteiger partial charge in [0, 0.05) is 10.6 Å². The number of phenols is 1. The summed E-state index contributed by atoms with van der Waals surface area (Å²) in [5.41, 5.74) is 1.25. The van der Waals surface area contributed by atoms with Gasteiger partial charge in [-0.2, -0.15) is 0 Å². The third-order valence-corrected chi connectivity index (χ3v) is 5.68. The Morgan fingerprint density at radius 2 is 1.62 bits per heavy atom. The van der Waals surface area contributed by atoms with Gasteiger partial charge in [0.15, 0.2) is 0 Å². The van der Waals surface area contributed by atoms with E-state index in [2.05, 4.69) is 0 Å². The molecule has 2 aromatic carbocycles. The molecular formula is C18H22ClO4P. The van der Waals surface area contributed by atoms with E-state index in [-0.39, 0.29) is 18.0 Å². The first-order chi connectivity index (χ1) is 11.2. The summed E-state index contributed by atoms with van der Waals surface area (Å²) in [5, 5.41) is 11.0. The molecule has 24 heavy (non-hydrogen) atoms. The molecule has 0 saturated carbocycles. The molecule has 0 amide bonds. The molecule has 0 aliphatic rings. The van der Waals surface area contributed by atoms with Crippen molar-refractivity contribution < 1.29 is 18.7 Å². The topological polar surface area (TPSA) is 55.8 Å². The summed E-state index contributed by atoms with van der Waals surface area (Å²) in [6.07, 6.45) is -0.504. The molecule has 0 heterocycles. The molecule has 0 fully saturated rings.